The summed E-state index contributed by atoms with van der Waals surface area (Å²) in [4.78, 5) is 8.99. The molecule has 84 valence electrons. The van der Waals surface area contributed by atoms with Gasteiger partial charge in [0, 0.05) is 12.5 Å². The molecule has 0 amide bonds. The maximum absolute atomic E-state index is 5.92. The van der Waals surface area contributed by atoms with E-state index in [0.717, 1.165) is 40.2 Å². The van der Waals surface area contributed by atoms with Crippen LogP contribution in [0.1, 0.15) is 18.2 Å². The van der Waals surface area contributed by atoms with Gasteiger partial charge >= 0.3 is 0 Å². The molecule has 1 unspecified atom stereocenters. The van der Waals surface area contributed by atoms with Crippen molar-refractivity contribution in [3.8, 4) is 10.6 Å². The molecule has 2 aromatic rings. The summed E-state index contributed by atoms with van der Waals surface area (Å²) in [6, 6.07) is 3.94. The molecule has 1 atom stereocenters. The summed E-state index contributed by atoms with van der Waals surface area (Å²) >= 11 is 7.49. The third-order valence-corrected chi connectivity index (χ3v) is 4.15. The van der Waals surface area contributed by atoms with Crippen molar-refractivity contribution in [1.29, 1.82) is 0 Å². The van der Waals surface area contributed by atoms with Gasteiger partial charge in [0.25, 0.3) is 0 Å². The van der Waals surface area contributed by atoms with Crippen molar-refractivity contribution in [2.24, 2.45) is 0 Å². The lowest BCUT2D eigenvalue weighted by Gasteiger charge is -2.02. The third-order valence-electron chi connectivity index (χ3n) is 2.88. The molecule has 0 spiro atoms. The molecule has 3 nitrogen and oxygen atoms in total. The van der Waals surface area contributed by atoms with E-state index in [0.29, 0.717) is 5.92 Å². The van der Waals surface area contributed by atoms with Crippen molar-refractivity contribution in [2.75, 3.05) is 13.1 Å². The van der Waals surface area contributed by atoms with Crippen molar-refractivity contribution in [2.45, 2.75) is 12.3 Å². The first kappa shape index (κ1) is 10.3. The van der Waals surface area contributed by atoms with Crippen LogP contribution in [0.2, 0.25) is 4.34 Å². The van der Waals surface area contributed by atoms with Gasteiger partial charge in [-0.2, -0.15) is 0 Å². The highest BCUT2D eigenvalue weighted by Gasteiger charge is 2.19. The van der Waals surface area contributed by atoms with E-state index in [4.69, 9.17) is 11.6 Å². The second-order valence-corrected chi connectivity index (χ2v) is 5.69. The summed E-state index contributed by atoms with van der Waals surface area (Å²) in [6.07, 6.45) is 3.06. The summed E-state index contributed by atoms with van der Waals surface area (Å²) in [6.45, 7) is 2.11. The van der Waals surface area contributed by atoms with Crippen molar-refractivity contribution in [1.82, 2.24) is 15.3 Å². The van der Waals surface area contributed by atoms with E-state index < -0.39 is 0 Å². The minimum atomic E-state index is 0.532. The zero-order valence-electron chi connectivity index (χ0n) is 8.66. The first-order valence-electron chi connectivity index (χ1n) is 5.34. The van der Waals surface area contributed by atoms with Gasteiger partial charge in [-0.3, -0.25) is 0 Å². The number of thiophene rings is 1. The maximum atomic E-state index is 5.92. The number of aromatic nitrogens is 2. The van der Waals surface area contributed by atoms with Crippen LogP contribution in [0.4, 0.5) is 0 Å². The molecule has 2 aromatic heterocycles. The summed E-state index contributed by atoms with van der Waals surface area (Å²) < 4.78 is 0.814. The van der Waals surface area contributed by atoms with Crippen molar-refractivity contribution in [3.63, 3.8) is 0 Å². The van der Waals surface area contributed by atoms with Crippen LogP contribution >= 0.6 is 22.9 Å². The minimum Gasteiger partial charge on any atom is -0.341 e. The number of hydrogen-bond donors (Lipinski definition) is 2. The number of halogens is 1. The molecule has 3 rings (SSSR count). The van der Waals surface area contributed by atoms with E-state index in [-0.39, 0.29) is 0 Å². The SMILES string of the molecule is Clc1ccc(-c2cnc(C3CCNC3)[nH]2)s1. The molecule has 0 saturated carbocycles. The van der Waals surface area contributed by atoms with Crippen molar-refractivity contribution in [3.05, 3.63) is 28.5 Å². The van der Waals surface area contributed by atoms with Crippen molar-refractivity contribution >= 4 is 22.9 Å². The van der Waals surface area contributed by atoms with E-state index in [1.807, 2.05) is 18.3 Å². The standard InChI is InChI=1S/C11H12ClN3S/c12-10-2-1-9(16-10)8-6-14-11(15-8)7-3-4-13-5-7/h1-2,6-7,13H,3-5H2,(H,14,15). The Labute approximate surface area is 103 Å². The summed E-state index contributed by atoms with van der Waals surface area (Å²) in [5.41, 5.74) is 1.07. The highest BCUT2D eigenvalue weighted by Crippen LogP contribution is 2.31. The van der Waals surface area contributed by atoms with Crippen LogP contribution in [0.25, 0.3) is 10.6 Å². The van der Waals surface area contributed by atoms with Gasteiger partial charge in [-0.15, -0.1) is 11.3 Å². The highest BCUT2D eigenvalue weighted by atomic mass is 35.5. The van der Waals surface area contributed by atoms with E-state index >= 15 is 0 Å². The van der Waals surface area contributed by atoms with Gasteiger partial charge < -0.3 is 10.3 Å². The topological polar surface area (TPSA) is 40.7 Å². The second kappa shape index (κ2) is 4.20. The number of aromatic amines is 1. The molecule has 1 fully saturated rings. The summed E-state index contributed by atoms with van der Waals surface area (Å²) in [7, 11) is 0. The van der Waals surface area contributed by atoms with E-state index in [1.165, 1.54) is 0 Å². The number of H-pyrrole nitrogens is 1. The smallest absolute Gasteiger partial charge is 0.110 e. The Kier molecular flexibility index (Phi) is 2.71. The first-order valence-corrected chi connectivity index (χ1v) is 6.54. The average Bonchev–Trinajstić information content (AvgIpc) is 2.97. The molecule has 1 saturated heterocycles. The number of nitrogens with zero attached hydrogens (tertiary/aromatic N) is 1. The molecule has 16 heavy (non-hydrogen) atoms. The van der Waals surface area contributed by atoms with Crippen LogP contribution in [0.5, 0.6) is 0 Å². The van der Waals surface area contributed by atoms with Crippen LogP contribution in [-0.4, -0.2) is 23.1 Å². The molecule has 0 bridgehead atoms. The molecular formula is C11H12ClN3S. The number of imidazole rings is 1. The average molecular weight is 254 g/mol. The van der Waals surface area contributed by atoms with Gasteiger partial charge in [-0.25, -0.2) is 4.98 Å². The molecule has 3 heterocycles. The summed E-state index contributed by atoms with van der Waals surface area (Å²) in [5, 5.41) is 3.35. The van der Waals surface area contributed by atoms with E-state index in [1.54, 1.807) is 11.3 Å². The highest BCUT2D eigenvalue weighted by molar-refractivity contribution is 7.19. The fraction of sp³-hybridized carbons (Fsp3) is 0.364. The molecule has 0 aliphatic carbocycles. The van der Waals surface area contributed by atoms with Gasteiger partial charge in [0.15, 0.2) is 0 Å². The Morgan fingerprint density at radius 2 is 2.38 bits per heavy atom. The number of nitrogens with one attached hydrogen (secondary N) is 2. The molecular weight excluding hydrogens is 242 g/mol. The lowest BCUT2D eigenvalue weighted by Crippen LogP contribution is -2.08. The predicted molar refractivity (Wildman–Crippen MR) is 67.1 cm³/mol. The second-order valence-electron chi connectivity index (χ2n) is 3.98. The van der Waals surface area contributed by atoms with Gasteiger partial charge in [0.2, 0.25) is 0 Å². The third kappa shape index (κ3) is 1.88. The fourth-order valence-corrected chi connectivity index (χ4v) is 3.02. The quantitative estimate of drug-likeness (QED) is 0.864. The van der Waals surface area contributed by atoms with Crippen LogP contribution in [0.15, 0.2) is 18.3 Å². The van der Waals surface area contributed by atoms with Gasteiger partial charge in [0.1, 0.15) is 5.82 Å². The Morgan fingerprint density at radius 1 is 1.44 bits per heavy atom. The van der Waals surface area contributed by atoms with Crippen molar-refractivity contribution < 1.29 is 0 Å². The predicted octanol–water partition coefficient (Wildman–Crippen LogP) is 2.87. The van der Waals surface area contributed by atoms with Crippen LogP contribution in [0, 0.1) is 0 Å². The minimum absolute atomic E-state index is 0.532. The van der Waals surface area contributed by atoms with Gasteiger partial charge in [-0.1, -0.05) is 11.6 Å². The Hall–Kier alpha value is -0.840. The normalized spacial score (nSPS) is 20.4. The maximum Gasteiger partial charge on any atom is 0.110 e. The zero-order chi connectivity index (χ0) is 11.0. The Morgan fingerprint density at radius 3 is 3.06 bits per heavy atom. The zero-order valence-corrected chi connectivity index (χ0v) is 10.2. The van der Waals surface area contributed by atoms with Crippen LogP contribution in [-0.2, 0) is 0 Å². The fourth-order valence-electron chi connectivity index (χ4n) is 2.02. The molecule has 0 radical (unpaired) electrons. The molecule has 1 aliphatic heterocycles. The first-order chi connectivity index (χ1) is 7.83. The monoisotopic (exact) mass is 253 g/mol. The number of hydrogen-bond acceptors (Lipinski definition) is 3. The largest absolute Gasteiger partial charge is 0.341 e. The lowest BCUT2D eigenvalue weighted by molar-refractivity contribution is 0.715. The Bertz CT molecular complexity index is 485. The van der Waals surface area contributed by atoms with E-state index in [2.05, 4.69) is 15.3 Å². The van der Waals surface area contributed by atoms with Gasteiger partial charge in [0.05, 0.1) is 21.1 Å². The Balaban J connectivity index is 1.87. The van der Waals surface area contributed by atoms with Crippen LogP contribution in [0.3, 0.4) is 0 Å². The molecule has 1 aliphatic rings. The molecule has 5 heteroatoms. The van der Waals surface area contributed by atoms with Gasteiger partial charge in [-0.05, 0) is 25.1 Å². The summed E-state index contributed by atoms with van der Waals surface area (Å²) in [5.74, 6) is 1.62. The molecule has 2 N–H and O–H groups in total. The number of rotatable bonds is 2. The lowest BCUT2D eigenvalue weighted by atomic mass is 10.1. The van der Waals surface area contributed by atoms with Crippen LogP contribution < -0.4 is 5.32 Å². The van der Waals surface area contributed by atoms with E-state index in [9.17, 15) is 0 Å². The molecule has 0 aromatic carbocycles.